The van der Waals surface area contributed by atoms with Gasteiger partial charge >= 0.3 is 0 Å². The van der Waals surface area contributed by atoms with Crippen LogP contribution < -0.4 is 0 Å². The van der Waals surface area contributed by atoms with Crippen molar-refractivity contribution in [3.8, 4) is 0 Å². The van der Waals surface area contributed by atoms with Gasteiger partial charge in [0.25, 0.3) is 0 Å². The molecule has 0 N–H and O–H groups in total. The first-order valence-corrected chi connectivity index (χ1v) is 42.0. The molecule has 39 nitrogen and oxygen atoms in total. The fourth-order valence-electron chi connectivity index (χ4n) is 8.13. The summed E-state index contributed by atoms with van der Waals surface area (Å²) in [5, 5.41) is 0. The van der Waals surface area contributed by atoms with Crippen LogP contribution in [0.25, 0.3) is 0 Å². The zero-order valence-electron chi connectivity index (χ0n) is 72.8. The van der Waals surface area contributed by atoms with Crippen molar-refractivity contribution in [2.45, 2.75) is 0 Å². The summed E-state index contributed by atoms with van der Waals surface area (Å²) < 4.78 is 211. The van der Waals surface area contributed by atoms with Gasteiger partial charge in [0, 0.05) is 14.2 Å². The monoisotopic (exact) mass is 1750 g/mol. The second-order valence-corrected chi connectivity index (χ2v) is 23.5. The van der Waals surface area contributed by atoms with Gasteiger partial charge in [-0.25, -0.2) is 0 Å². The SMILES string of the molecule is C=COCCOCCOCCOCCOCCOCCOCCOCCOCCOCCOCCOCCOCCOCCOCCOCCOCCOCCOC.C=COCCOCCOCCOCCOCCOCCOCCOCCOCCOCCOCCOCCOCCOCCOCCOCCOCCOCCOCCOC. The standard InChI is InChI=1S/C41H82O20.C39H78O19/c1-3-43-6-7-45-10-11-47-14-15-49-18-19-51-22-23-53-26-27-55-30-31-57-34-35-59-38-39-61-41-40-60-37-36-58-33-32-56-29-28-54-25-24-52-21-20-50-17-16-48-13-12-46-9-8-44-5-4-42-2;1-3-41-6-7-43-10-11-45-14-15-47-18-19-49-22-23-51-26-27-53-30-31-55-34-35-57-38-39-58-37-36-56-33-32-54-29-28-52-25-24-50-21-20-48-17-16-46-13-12-44-9-8-42-5-4-40-2/h3H,1,4-41H2,2H3;3H,1,4-39H2,2H3. The molecule has 0 saturated heterocycles. The van der Waals surface area contributed by atoms with E-state index in [2.05, 4.69) is 13.2 Å². The summed E-state index contributed by atoms with van der Waals surface area (Å²) in [6.45, 7) is 44.8. The molecule has 0 aliphatic heterocycles. The van der Waals surface area contributed by atoms with Crippen molar-refractivity contribution in [2.75, 3.05) is 503 Å². The number of hydrogen-bond donors (Lipinski definition) is 0. The van der Waals surface area contributed by atoms with Crippen molar-refractivity contribution in [3.05, 3.63) is 25.7 Å². The molecule has 0 aromatic rings. The minimum Gasteiger partial charge on any atom is -0.499 e. The van der Waals surface area contributed by atoms with E-state index in [0.29, 0.717) is 489 Å². The minimum absolute atomic E-state index is 0.494. The Morgan fingerprint density at radius 2 is 0.160 bits per heavy atom. The first kappa shape index (κ1) is 119. The van der Waals surface area contributed by atoms with E-state index in [-0.39, 0.29) is 0 Å². The van der Waals surface area contributed by atoms with Crippen molar-refractivity contribution in [2.24, 2.45) is 0 Å². The van der Waals surface area contributed by atoms with Crippen LogP contribution in [0.2, 0.25) is 0 Å². The van der Waals surface area contributed by atoms with Gasteiger partial charge in [-0.1, -0.05) is 13.2 Å². The summed E-state index contributed by atoms with van der Waals surface area (Å²) in [7, 11) is 3.29. The Morgan fingerprint density at radius 1 is 0.101 bits per heavy atom. The normalized spacial score (nSPS) is 11.5. The summed E-state index contributed by atoms with van der Waals surface area (Å²) in [5.74, 6) is 0. The molecule has 0 bridgehead atoms. The van der Waals surface area contributed by atoms with Crippen molar-refractivity contribution >= 4 is 0 Å². The van der Waals surface area contributed by atoms with Crippen LogP contribution >= 0.6 is 0 Å². The molecule has 0 aliphatic carbocycles. The van der Waals surface area contributed by atoms with Crippen LogP contribution in [0, 0.1) is 0 Å². The lowest BCUT2D eigenvalue weighted by molar-refractivity contribution is -0.0312. The highest BCUT2D eigenvalue weighted by molar-refractivity contribution is 4.50. The van der Waals surface area contributed by atoms with Gasteiger partial charge in [0.05, 0.1) is 488 Å². The molecule has 39 heteroatoms. The predicted molar refractivity (Wildman–Crippen MR) is 435 cm³/mol. The average Bonchev–Trinajstić information content (AvgIpc) is 1.69. The Hall–Kier alpha value is -2.40. The van der Waals surface area contributed by atoms with E-state index in [1.165, 1.54) is 12.5 Å². The van der Waals surface area contributed by atoms with E-state index in [9.17, 15) is 0 Å². The Kier molecular flexibility index (Phi) is 119. The molecule has 0 unspecified atom stereocenters. The van der Waals surface area contributed by atoms with Gasteiger partial charge in [-0.05, 0) is 0 Å². The highest BCUT2D eigenvalue weighted by Gasteiger charge is 2.04. The van der Waals surface area contributed by atoms with Crippen LogP contribution in [0.15, 0.2) is 25.7 Å². The third-order valence-electron chi connectivity index (χ3n) is 14.1. The Morgan fingerprint density at radius 3 is 0.218 bits per heavy atom. The molecule has 0 heterocycles. The number of hydrogen-bond acceptors (Lipinski definition) is 39. The molecule has 0 aliphatic rings. The number of rotatable bonds is 113. The molecule has 714 valence electrons. The minimum atomic E-state index is 0.494. The summed E-state index contributed by atoms with van der Waals surface area (Å²) in [4.78, 5) is 0. The van der Waals surface area contributed by atoms with Gasteiger partial charge < -0.3 is 185 Å². The van der Waals surface area contributed by atoms with Gasteiger partial charge in [-0.3, -0.25) is 0 Å². The van der Waals surface area contributed by atoms with Crippen LogP contribution in [0.1, 0.15) is 0 Å². The fourth-order valence-corrected chi connectivity index (χ4v) is 8.13. The van der Waals surface area contributed by atoms with Crippen LogP contribution in [-0.2, 0) is 185 Å². The van der Waals surface area contributed by atoms with Crippen molar-refractivity contribution < 1.29 is 185 Å². The number of ether oxygens (including phenoxy) is 39. The smallest absolute Gasteiger partial charge is 0.111 e. The van der Waals surface area contributed by atoms with Crippen LogP contribution in [-0.4, -0.2) is 503 Å². The van der Waals surface area contributed by atoms with Crippen molar-refractivity contribution in [1.82, 2.24) is 0 Å². The second kappa shape index (κ2) is 120. The second-order valence-electron chi connectivity index (χ2n) is 23.5. The van der Waals surface area contributed by atoms with Crippen LogP contribution in [0.5, 0.6) is 0 Å². The van der Waals surface area contributed by atoms with Crippen LogP contribution in [0.3, 0.4) is 0 Å². The first-order valence-electron chi connectivity index (χ1n) is 42.0. The highest BCUT2D eigenvalue weighted by Crippen LogP contribution is 1.95. The van der Waals surface area contributed by atoms with E-state index in [1.807, 2.05) is 0 Å². The summed E-state index contributed by atoms with van der Waals surface area (Å²) in [6, 6.07) is 0. The third-order valence-corrected chi connectivity index (χ3v) is 14.1. The van der Waals surface area contributed by atoms with E-state index < -0.39 is 0 Å². The van der Waals surface area contributed by atoms with E-state index in [0.717, 1.165) is 0 Å². The van der Waals surface area contributed by atoms with Crippen LogP contribution in [0.4, 0.5) is 0 Å². The third kappa shape index (κ3) is 122. The largest absolute Gasteiger partial charge is 0.499 e. The zero-order chi connectivity index (χ0) is 85.3. The molecule has 119 heavy (non-hydrogen) atoms. The average molecular weight is 1750 g/mol. The highest BCUT2D eigenvalue weighted by atomic mass is 16.6. The Labute approximate surface area is 711 Å². The summed E-state index contributed by atoms with van der Waals surface area (Å²) >= 11 is 0. The van der Waals surface area contributed by atoms with E-state index in [1.54, 1.807) is 14.2 Å². The Bertz CT molecular complexity index is 1750. The lowest BCUT2D eigenvalue weighted by atomic mass is 10.6. The molecule has 0 spiro atoms. The zero-order valence-corrected chi connectivity index (χ0v) is 72.8. The van der Waals surface area contributed by atoms with E-state index in [4.69, 9.17) is 185 Å². The lowest BCUT2D eigenvalue weighted by Gasteiger charge is -2.09. The molecule has 0 fully saturated rings. The molecule has 0 saturated carbocycles. The van der Waals surface area contributed by atoms with E-state index >= 15 is 0 Å². The predicted octanol–water partition coefficient (Wildman–Crippen LogP) is 2.17. The van der Waals surface area contributed by atoms with Gasteiger partial charge in [-0.15, -0.1) is 0 Å². The van der Waals surface area contributed by atoms with Gasteiger partial charge in [0.2, 0.25) is 0 Å². The Balaban J connectivity index is 0. The molecule has 0 rings (SSSR count). The molecule has 0 atom stereocenters. The number of methoxy groups -OCH3 is 2. The van der Waals surface area contributed by atoms with Crippen molar-refractivity contribution in [3.63, 3.8) is 0 Å². The molecule has 0 radical (unpaired) electrons. The quantitative estimate of drug-likeness (QED) is 0.0622. The van der Waals surface area contributed by atoms with Gasteiger partial charge in [-0.2, -0.15) is 0 Å². The van der Waals surface area contributed by atoms with Gasteiger partial charge in [0.15, 0.2) is 0 Å². The summed E-state index contributed by atoms with van der Waals surface area (Å²) in [5.41, 5.74) is 0. The van der Waals surface area contributed by atoms with Gasteiger partial charge in [0.1, 0.15) is 13.2 Å². The topological polar surface area (TPSA) is 360 Å². The maximum atomic E-state index is 5.51. The molecule has 0 aromatic heterocycles. The molecule has 0 aromatic carbocycles. The summed E-state index contributed by atoms with van der Waals surface area (Å²) in [6.07, 6.45) is 2.79. The maximum absolute atomic E-state index is 5.51. The first-order chi connectivity index (χ1) is 59.3. The maximum Gasteiger partial charge on any atom is 0.111 e. The fraction of sp³-hybridized carbons (Fsp3) is 0.950. The molecule has 0 amide bonds. The molecular formula is C80H160O39. The van der Waals surface area contributed by atoms with Crippen molar-refractivity contribution in [1.29, 1.82) is 0 Å². The molecular weight excluding hydrogens is 1580 g/mol. The lowest BCUT2D eigenvalue weighted by Crippen LogP contribution is -2.16.